The lowest BCUT2D eigenvalue weighted by Gasteiger charge is -2.23. The van der Waals surface area contributed by atoms with Gasteiger partial charge in [-0.3, -0.25) is 4.79 Å². The first-order valence-electron chi connectivity index (χ1n) is 10.0. The average Bonchev–Trinajstić information content (AvgIpc) is 3.00. The number of anilines is 3. The van der Waals surface area contributed by atoms with Crippen LogP contribution in [0.3, 0.4) is 0 Å². The van der Waals surface area contributed by atoms with Crippen LogP contribution in [0.4, 0.5) is 17.1 Å². The van der Waals surface area contributed by atoms with Crippen LogP contribution in [0.15, 0.2) is 42.5 Å². The minimum atomic E-state index is -0.366. The van der Waals surface area contributed by atoms with Gasteiger partial charge in [-0.2, -0.15) is 0 Å². The van der Waals surface area contributed by atoms with E-state index in [0.717, 1.165) is 18.8 Å². The van der Waals surface area contributed by atoms with Crippen LogP contribution in [0.5, 0.6) is 11.5 Å². The van der Waals surface area contributed by atoms with E-state index in [1.165, 1.54) is 31.4 Å². The summed E-state index contributed by atoms with van der Waals surface area (Å²) in [5.74, 6) is 1.26. The van der Waals surface area contributed by atoms with E-state index in [1.54, 1.807) is 12.1 Å². The first-order valence-corrected chi connectivity index (χ1v) is 10.0. The molecule has 2 N–H and O–H groups in total. The number of nitrogens with one attached hydrogen (secondary N) is 2. The van der Waals surface area contributed by atoms with Crippen LogP contribution in [0, 0.1) is 0 Å². The quantitative estimate of drug-likeness (QED) is 0.811. The van der Waals surface area contributed by atoms with E-state index < -0.39 is 0 Å². The molecule has 1 atom stereocenters. The summed E-state index contributed by atoms with van der Waals surface area (Å²) in [6.45, 7) is 4.32. The van der Waals surface area contributed by atoms with Gasteiger partial charge in [-0.1, -0.05) is 12.8 Å². The van der Waals surface area contributed by atoms with Crippen LogP contribution in [-0.2, 0) is 4.79 Å². The van der Waals surface area contributed by atoms with Crippen molar-refractivity contribution in [1.82, 2.24) is 0 Å². The van der Waals surface area contributed by atoms with E-state index >= 15 is 0 Å². The van der Waals surface area contributed by atoms with Crippen molar-refractivity contribution in [3.63, 3.8) is 0 Å². The summed E-state index contributed by atoms with van der Waals surface area (Å²) < 4.78 is 10.6. The normalized spacial score (nSPS) is 17.0. The number of amides is 1. The minimum Gasteiger partial charge on any atom is -0.454 e. The van der Waals surface area contributed by atoms with Gasteiger partial charge in [-0.05, 0) is 56.2 Å². The van der Waals surface area contributed by atoms with Crippen LogP contribution in [0.25, 0.3) is 0 Å². The highest BCUT2D eigenvalue weighted by molar-refractivity contribution is 5.96. The monoisotopic (exact) mass is 381 g/mol. The molecule has 6 nitrogen and oxygen atoms in total. The Morgan fingerprint density at radius 2 is 1.61 bits per heavy atom. The highest BCUT2D eigenvalue weighted by atomic mass is 16.7. The predicted molar refractivity (Wildman–Crippen MR) is 111 cm³/mol. The summed E-state index contributed by atoms with van der Waals surface area (Å²) in [6, 6.07) is 13.4. The molecule has 0 radical (unpaired) electrons. The molecule has 0 bridgehead atoms. The fraction of sp³-hybridized carbons (Fsp3) is 0.409. The average molecular weight is 381 g/mol. The standard InChI is InChI=1S/C22H27N3O3/c1-16(22(26)24-18-8-11-20-21(14-18)28-15-27-20)23-17-6-9-19(10-7-17)25-12-4-2-3-5-13-25/h6-11,14,16,23H,2-5,12-13,15H2,1H3,(H,24,26)/t16-/m1/s1. The Balaban J connectivity index is 1.33. The molecule has 2 aliphatic heterocycles. The fourth-order valence-corrected chi connectivity index (χ4v) is 3.64. The molecular weight excluding hydrogens is 354 g/mol. The molecule has 1 saturated heterocycles. The lowest BCUT2D eigenvalue weighted by Crippen LogP contribution is -2.31. The van der Waals surface area contributed by atoms with Gasteiger partial charge >= 0.3 is 0 Å². The van der Waals surface area contributed by atoms with Crippen LogP contribution in [-0.4, -0.2) is 31.8 Å². The molecule has 1 amide bonds. The number of nitrogens with zero attached hydrogens (tertiary/aromatic N) is 1. The molecule has 0 unspecified atom stereocenters. The molecule has 2 aliphatic rings. The van der Waals surface area contributed by atoms with E-state index in [9.17, 15) is 4.79 Å². The topological polar surface area (TPSA) is 62.8 Å². The third-order valence-electron chi connectivity index (χ3n) is 5.26. The Labute approximate surface area is 165 Å². The van der Waals surface area contributed by atoms with Crippen LogP contribution >= 0.6 is 0 Å². The second kappa shape index (κ2) is 8.42. The van der Waals surface area contributed by atoms with E-state index in [0.29, 0.717) is 17.2 Å². The smallest absolute Gasteiger partial charge is 0.246 e. The number of ether oxygens (including phenoxy) is 2. The van der Waals surface area contributed by atoms with E-state index in [2.05, 4.69) is 27.7 Å². The molecule has 0 aliphatic carbocycles. The Kier molecular flexibility index (Phi) is 5.55. The molecule has 2 aromatic carbocycles. The molecule has 2 aromatic rings. The number of benzene rings is 2. The van der Waals surface area contributed by atoms with Gasteiger partial charge in [-0.15, -0.1) is 0 Å². The first kappa shape index (κ1) is 18.5. The van der Waals surface area contributed by atoms with Gasteiger partial charge in [0.15, 0.2) is 11.5 Å². The number of rotatable bonds is 5. The van der Waals surface area contributed by atoms with Crippen molar-refractivity contribution in [3.8, 4) is 11.5 Å². The SMILES string of the molecule is C[C@@H](Nc1ccc(N2CCCCCC2)cc1)C(=O)Nc1ccc2c(c1)OCO2. The maximum Gasteiger partial charge on any atom is 0.246 e. The Hall–Kier alpha value is -2.89. The summed E-state index contributed by atoms with van der Waals surface area (Å²) in [4.78, 5) is 15.0. The predicted octanol–water partition coefficient (Wildman–Crippen LogP) is 4.23. The number of fused-ring (bicyclic) bond motifs is 1. The summed E-state index contributed by atoms with van der Waals surface area (Å²) in [5.41, 5.74) is 2.89. The zero-order valence-corrected chi connectivity index (χ0v) is 16.2. The molecular formula is C22H27N3O3. The maximum absolute atomic E-state index is 12.5. The first-order chi connectivity index (χ1) is 13.7. The van der Waals surface area contributed by atoms with Gasteiger partial charge in [-0.25, -0.2) is 0 Å². The van der Waals surface area contributed by atoms with Gasteiger partial charge in [0.05, 0.1) is 0 Å². The van der Waals surface area contributed by atoms with Crippen LogP contribution in [0.1, 0.15) is 32.6 Å². The highest BCUT2D eigenvalue weighted by Crippen LogP contribution is 2.34. The largest absolute Gasteiger partial charge is 0.454 e. The van der Waals surface area contributed by atoms with E-state index in [4.69, 9.17) is 9.47 Å². The summed E-state index contributed by atoms with van der Waals surface area (Å²) >= 11 is 0. The van der Waals surface area contributed by atoms with Crippen molar-refractivity contribution in [2.24, 2.45) is 0 Å². The zero-order chi connectivity index (χ0) is 19.3. The van der Waals surface area contributed by atoms with Gasteiger partial charge < -0.3 is 25.0 Å². The number of carbonyl (C=O) groups is 1. The second-order valence-corrected chi connectivity index (χ2v) is 7.37. The van der Waals surface area contributed by atoms with E-state index in [-0.39, 0.29) is 18.7 Å². The third kappa shape index (κ3) is 4.32. The Morgan fingerprint density at radius 3 is 2.36 bits per heavy atom. The van der Waals surface area contributed by atoms with Crippen molar-refractivity contribution in [2.45, 2.75) is 38.6 Å². The number of hydrogen-bond acceptors (Lipinski definition) is 5. The number of hydrogen-bond donors (Lipinski definition) is 2. The Bertz CT molecular complexity index is 814. The lowest BCUT2D eigenvalue weighted by molar-refractivity contribution is -0.116. The molecule has 148 valence electrons. The highest BCUT2D eigenvalue weighted by Gasteiger charge is 2.17. The van der Waals surface area contributed by atoms with Gasteiger partial charge in [0.1, 0.15) is 6.04 Å². The Morgan fingerprint density at radius 1 is 0.929 bits per heavy atom. The third-order valence-corrected chi connectivity index (χ3v) is 5.26. The van der Waals surface area contributed by atoms with Crippen molar-refractivity contribution in [2.75, 3.05) is 35.4 Å². The molecule has 1 fully saturated rings. The van der Waals surface area contributed by atoms with Crippen molar-refractivity contribution >= 4 is 23.0 Å². The maximum atomic E-state index is 12.5. The molecule has 4 rings (SSSR count). The molecule has 0 saturated carbocycles. The summed E-state index contributed by atoms with van der Waals surface area (Å²) in [5, 5.41) is 6.19. The summed E-state index contributed by atoms with van der Waals surface area (Å²) in [7, 11) is 0. The number of carbonyl (C=O) groups excluding carboxylic acids is 1. The molecule has 28 heavy (non-hydrogen) atoms. The van der Waals surface area contributed by atoms with Crippen molar-refractivity contribution in [3.05, 3.63) is 42.5 Å². The lowest BCUT2D eigenvalue weighted by atomic mass is 10.2. The van der Waals surface area contributed by atoms with Crippen molar-refractivity contribution < 1.29 is 14.3 Å². The van der Waals surface area contributed by atoms with Crippen LogP contribution < -0.4 is 25.0 Å². The zero-order valence-electron chi connectivity index (χ0n) is 16.2. The van der Waals surface area contributed by atoms with Crippen LogP contribution in [0.2, 0.25) is 0 Å². The minimum absolute atomic E-state index is 0.101. The molecule has 2 heterocycles. The summed E-state index contributed by atoms with van der Waals surface area (Å²) in [6.07, 6.45) is 5.17. The van der Waals surface area contributed by atoms with Gasteiger partial charge in [0.2, 0.25) is 12.7 Å². The molecule has 6 heteroatoms. The second-order valence-electron chi connectivity index (χ2n) is 7.37. The molecule has 0 aromatic heterocycles. The van der Waals surface area contributed by atoms with Crippen molar-refractivity contribution in [1.29, 1.82) is 0 Å². The van der Waals surface area contributed by atoms with Gasteiger partial charge in [0, 0.05) is 36.2 Å². The molecule has 0 spiro atoms. The van der Waals surface area contributed by atoms with Gasteiger partial charge in [0.25, 0.3) is 0 Å². The van der Waals surface area contributed by atoms with E-state index in [1.807, 2.05) is 25.1 Å². The fourth-order valence-electron chi connectivity index (χ4n) is 3.64.